The summed E-state index contributed by atoms with van der Waals surface area (Å²) >= 11 is 0. The molecule has 2 N–H and O–H groups in total. The van der Waals surface area contributed by atoms with Crippen LogP contribution in [-0.4, -0.2) is 12.0 Å². The summed E-state index contributed by atoms with van der Waals surface area (Å²) in [6, 6.07) is -0.774. The number of rotatable bonds is 13. The first-order valence-electron chi connectivity index (χ1n) is 7.65. The number of aliphatic carboxylic acids is 1. The number of unbranched alkanes of at least 4 members (excludes halogenated alkanes) is 10. The zero-order valence-electron chi connectivity index (χ0n) is 13.0. The Morgan fingerprint density at radius 2 is 1.26 bits per heavy atom. The first kappa shape index (κ1) is 21.7. The van der Waals surface area contributed by atoms with E-state index in [2.05, 4.69) is 6.92 Å². The van der Waals surface area contributed by atoms with Crippen LogP contribution in [-0.2, 0) is 4.79 Å². The average molecular weight is 279 g/mol. The van der Waals surface area contributed by atoms with Crippen LogP contribution >= 0.6 is 0 Å². The van der Waals surface area contributed by atoms with Crippen molar-refractivity contribution in [1.29, 1.82) is 0 Å². The average Bonchev–Trinajstić information content (AvgIpc) is 2.35. The molecule has 0 aliphatic carbocycles. The number of nitrogens with two attached hydrogens (primary N) is 1. The maximum atomic E-state index is 10.4. The third-order valence-electron chi connectivity index (χ3n) is 3.42. The third-order valence-corrected chi connectivity index (χ3v) is 3.42. The topological polar surface area (TPSA) is 66.2 Å². The van der Waals surface area contributed by atoms with E-state index in [-0.39, 0.29) is 29.6 Å². The molecule has 0 aromatic carbocycles. The SMILES string of the molecule is CCCCCCCCCCCCC[C@H](N)C(=O)[O-].[Na+]. The molecular weight excluding hydrogens is 249 g/mol. The van der Waals surface area contributed by atoms with Gasteiger partial charge < -0.3 is 15.6 Å². The van der Waals surface area contributed by atoms with Crippen LogP contribution in [0.25, 0.3) is 0 Å². The minimum atomic E-state index is -1.12. The van der Waals surface area contributed by atoms with E-state index in [9.17, 15) is 9.90 Å². The molecule has 0 unspecified atom stereocenters. The fraction of sp³-hybridized carbons (Fsp3) is 0.933. The Kier molecular flexibility index (Phi) is 18.8. The van der Waals surface area contributed by atoms with Gasteiger partial charge in [-0.05, 0) is 6.42 Å². The Labute approximate surface area is 141 Å². The van der Waals surface area contributed by atoms with E-state index in [1.165, 1.54) is 57.8 Å². The first-order valence-corrected chi connectivity index (χ1v) is 7.65. The van der Waals surface area contributed by atoms with E-state index >= 15 is 0 Å². The number of carboxylic acid groups (broad SMARTS) is 1. The van der Waals surface area contributed by atoms with Crippen LogP contribution in [0.3, 0.4) is 0 Å². The van der Waals surface area contributed by atoms with E-state index in [0.717, 1.165) is 12.8 Å². The van der Waals surface area contributed by atoms with Crippen molar-refractivity contribution in [3.05, 3.63) is 0 Å². The fourth-order valence-corrected chi connectivity index (χ4v) is 2.15. The summed E-state index contributed by atoms with van der Waals surface area (Å²) in [5.41, 5.74) is 5.37. The fourth-order valence-electron chi connectivity index (χ4n) is 2.15. The van der Waals surface area contributed by atoms with Crippen molar-refractivity contribution in [1.82, 2.24) is 0 Å². The van der Waals surface area contributed by atoms with E-state index in [1.807, 2.05) is 0 Å². The van der Waals surface area contributed by atoms with Gasteiger partial charge in [0.25, 0.3) is 0 Å². The molecule has 108 valence electrons. The van der Waals surface area contributed by atoms with Crippen molar-refractivity contribution in [3.8, 4) is 0 Å². The van der Waals surface area contributed by atoms with E-state index < -0.39 is 12.0 Å². The number of carbonyl (C=O) groups excluding carboxylic acids is 1. The second kappa shape index (κ2) is 16.5. The molecular formula is C15H30NNaO2. The van der Waals surface area contributed by atoms with E-state index in [0.29, 0.717) is 6.42 Å². The number of hydrogen-bond acceptors (Lipinski definition) is 3. The van der Waals surface area contributed by atoms with E-state index in [1.54, 1.807) is 0 Å². The molecule has 0 aliphatic heterocycles. The normalized spacial score (nSPS) is 11.9. The van der Waals surface area contributed by atoms with Gasteiger partial charge in [0.1, 0.15) is 0 Å². The number of hydrogen-bond donors (Lipinski definition) is 1. The van der Waals surface area contributed by atoms with E-state index in [4.69, 9.17) is 5.73 Å². The van der Waals surface area contributed by atoms with Gasteiger partial charge in [0.2, 0.25) is 0 Å². The Bertz CT molecular complexity index is 201. The van der Waals surface area contributed by atoms with Crippen molar-refractivity contribution in [2.24, 2.45) is 5.73 Å². The van der Waals surface area contributed by atoms with Gasteiger partial charge in [0, 0.05) is 6.04 Å². The van der Waals surface area contributed by atoms with Gasteiger partial charge in [0.05, 0.1) is 5.97 Å². The van der Waals surface area contributed by atoms with Crippen molar-refractivity contribution in [3.63, 3.8) is 0 Å². The van der Waals surface area contributed by atoms with Crippen molar-refractivity contribution >= 4 is 5.97 Å². The summed E-state index contributed by atoms with van der Waals surface area (Å²) in [6.45, 7) is 2.24. The summed E-state index contributed by atoms with van der Waals surface area (Å²) in [5, 5.41) is 10.4. The molecule has 0 saturated carbocycles. The molecule has 19 heavy (non-hydrogen) atoms. The summed E-state index contributed by atoms with van der Waals surface area (Å²) in [5.74, 6) is -1.12. The van der Waals surface area contributed by atoms with Gasteiger partial charge in [-0.2, -0.15) is 0 Å². The summed E-state index contributed by atoms with van der Waals surface area (Å²) in [7, 11) is 0. The Balaban J connectivity index is 0. The molecule has 0 aromatic rings. The largest absolute Gasteiger partial charge is 1.00 e. The monoisotopic (exact) mass is 279 g/mol. The predicted octanol–water partition coefficient (Wildman–Crippen LogP) is -0.231. The van der Waals surface area contributed by atoms with Crippen LogP contribution in [0.2, 0.25) is 0 Å². The maximum Gasteiger partial charge on any atom is 1.00 e. The number of carboxylic acids is 1. The molecule has 3 nitrogen and oxygen atoms in total. The molecule has 1 atom stereocenters. The van der Waals surface area contributed by atoms with Crippen LogP contribution in [0.4, 0.5) is 0 Å². The van der Waals surface area contributed by atoms with Gasteiger partial charge >= 0.3 is 29.6 Å². The Hall–Kier alpha value is 0.430. The smallest absolute Gasteiger partial charge is 0.548 e. The molecule has 0 radical (unpaired) electrons. The quantitative estimate of drug-likeness (QED) is 0.374. The van der Waals surface area contributed by atoms with Crippen LogP contribution < -0.4 is 40.4 Å². The Morgan fingerprint density at radius 3 is 1.63 bits per heavy atom. The van der Waals surface area contributed by atoms with Crippen molar-refractivity contribution in [2.75, 3.05) is 0 Å². The molecule has 0 fully saturated rings. The van der Waals surface area contributed by atoms with Crippen LogP contribution in [0.15, 0.2) is 0 Å². The molecule has 0 aromatic heterocycles. The third kappa shape index (κ3) is 16.4. The van der Waals surface area contributed by atoms with Crippen LogP contribution in [0.5, 0.6) is 0 Å². The van der Waals surface area contributed by atoms with Crippen molar-refractivity contribution in [2.45, 2.75) is 90.0 Å². The standard InChI is InChI=1S/C15H31NO2.Na/c1-2-3-4-5-6-7-8-9-10-11-12-13-14(16)15(17)18;/h14H,2-13,16H2,1H3,(H,17,18);/q;+1/p-1/t14-;/m0./s1. The molecule has 0 bridgehead atoms. The summed E-state index contributed by atoms with van der Waals surface area (Å²) in [4.78, 5) is 10.4. The molecule has 0 heterocycles. The molecule has 0 saturated heterocycles. The molecule has 0 aliphatic rings. The second-order valence-corrected chi connectivity index (χ2v) is 5.25. The zero-order valence-corrected chi connectivity index (χ0v) is 15.0. The van der Waals surface area contributed by atoms with Crippen LogP contribution in [0.1, 0.15) is 84.0 Å². The Morgan fingerprint density at radius 1 is 0.895 bits per heavy atom. The van der Waals surface area contributed by atoms with Gasteiger partial charge in [-0.3, -0.25) is 0 Å². The van der Waals surface area contributed by atoms with Gasteiger partial charge in [0.15, 0.2) is 0 Å². The minimum Gasteiger partial charge on any atom is -0.548 e. The maximum absolute atomic E-state index is 10.4. The zero-order chi connectivity index (χ0) is 13.6. The van der Waals surface area contributed by atoms with Crippen molar-refractivity contribution < 1.29 is 39.5 Å². The number of carbonyl (C=O) groups is 1. The first-order chi connectivity index (χ1) is 8.68. The van der Waals surface area contributed by atoms with Gasteiger partial charge in [-0.25, -0.2) is 0 Å². The molecule has 4 heteroatoms. The molecule has 0 spiro atoms. The second-order valence-electron chi connectivity index (χ2n) is 5.25. The van der Waals surface area contributed by atoms with Crippen LogP contribution in [0, 0.1) is 0 Å². The van der Waals surface area contributed by atoms with Gasteiger partial charge in [-0.1, -0.05) is 77.6 Å². The molecule has 0 rings (SSSR count). The summed E-state index contributed by atoms with van der Waals surface area (Å²) < 4.78 is 0. The summed E-state index contributed by atoms with van der Waals surface area (Å²) in [6.07, 6.45) is 14.5. The predicted molar refractivity (Wildman–Crippen MR) is 74.1 cm³/mol. The molecule has 0 amide bonds. The van der Waals surface area contributed by atoms with Gasteiger partial charge in [-0.15, -0.1) is 0 Å². The minimum absolute atomic E-state index is 0.